The van der Waals surface area contributed by atoms with Gasteiger partial charge in [0.15, 0.2) is 0 Å². The molecule has 1 saturated heterocycles. The summed E-state index contributed by atoms with van der Waals surface area (Å²) >= 11 is 0. The van der Waals surface area contributed by atoms with E-state index in [4.69, 9.17) is 9.57 Å². The zero-order chi connectivity index (χ0) is 35.9. The number of hydroxylamine groups is 2. The molecule has 4 nitrogen and oxygen atoms in total. The predicted octanol–water partition coefficient (Wildman–Crippen LogP) is 15.0. The van der Waals surface area contributed by atoms with Crippen molar-refractivity contribution >= 4 is 5.97 Å². The van der Waals surface area contributed by atoms with Gasteiger partial charge in [0, 0.05) is 30.3 Å². The van der Waals surface area contributed by atoms with E-state index in [2.05, 4.69) is 46.6 Å². The molecule has 0 N–H and O–H groups in total. The minimum absolute atomic E-state index is 0.00571. The fraction of sp³-hybridized carbons (Fsp3) is 0.978. The third-order valence-electron chi connectivity index (χ3n) is 11.1. The lowest BCUT2D eigenvalue weighted by Crippen LogP contribution is -2.62. The summed E-state index contributed by atoms with van der Waals surface area (Å²) in [7, 11) is 0. The zero-order valence-electron chi connectivity index (χ0n) is 34.5. The first-order valence-corrected chi connectivity index (χ1v) is 22.4. The van der Waals surface area contributed by atoms with E-state index in [1.807, 2.05) is 0 Å². The first-order chi connectivity index (χ1) is 23.7. The van der Waals surface area contributed by atoms with E-state index < -0.39 is 0 Å². The number of rotatable bonds is 35. The molecule has 0 spiro atoms. The van der Waals surface area contributed by atoms with Crippen molar-refractivity contribution in [3.8, 4) is 0 Å². The summed E-state index contributed by atoms with van der Waals surface area (Å²) in [6, 6.07) is 0. The van der Waals surface area contributed by atoms with Crippen molar-refractivity contribution in [3.05, 3.63) is 0 Å². The highest BCUT2D eigenvalue weighted by atomic mass is 16.7. The van der Waals surface area contributed by atoms with Gasteiger partial charge in [-0.25, -0.2) is 0 Å². The molecule has 49 heavy (non-hydrogen) atoms. The van der Waals surface area contributed by atoms with Gasteiger partial charge >= 0.3 is 5.97 Å². The second kappa shape index (κ2) is 31.0. The monoisotopic (exact) mass is 692 g/mol. The van der Waals surface area contributed by atoms with Gasteiger partial charge in [-0.15, -0.1) is 0 Å². The second-order valence-corrected chi connectivity index (χ2v) is 17.3. The second-order valence-electron chi connectivity index (χ2n) is 17.3. The lowest BCUT2D eigenvalue weighted by molar-refractivity contribution is -0.293. The summed E-state index contributed by atoms with van der Waals surface area (Å²) in [5, 5.41) is 2.23. The third-order valence-corrected chi connectivity index (χ3v) is 11.1. The quantitative estimate of drug-likeness (QED) is 0.0490. The van der Waals surface area contributed by atoms with Crippen molar-refractivity contribution in [2.24, 2.45) is 0 Å². The fourth-order valence-corrected chi connectivity index (χ4v) is 8.30. The Balaban J connectivity index is 2.03. The molecule has 1 fully saturated rings. The van der Waals surface area contributed by atoms with Crippen LogP contribution in [0.5, 0.6) is 0 Å². The highest BCUT2D eigenvalue weighted by molar-refractivity contribution is 5.69. The molecule has 0 aromatic rings. The molecule has 0 unspecified atom stereocenters. The molecule has 0 aromatic heterocycles. The van der Waals surface area contributed by atoms with Crippen LogP contribution in [0.4, 0.5) is 0 Å². The van der Waals surface area contributed by atoms with Crippen LogP contribution in [0.1, 0.15) is 260 Å². The number of hydrogen-bond acceptors (Lipinski definition) is 4. The van der Waals surface area contributed by atoms with Crippen molar-refractivity contribution in [1.82, 2.24) is 5.06 Å². The number of carbonyl (C=O) groups is 1. The van der Waals surface area contributed by atoms with Gasteiger partial charge < -0.3 is 4.74 Å². The zero-order valence-corrected chi connectivity index (χ0v) is 34.5. The highest BCUT2D eigenvalue weighted by Crippen LogP contribution is 2.40. The molecule has 292 valence electrons. The molecule has 4 heteroatoms. The van der Waals surface area contributed by atoms with Gasteiger partial charge in [-0.2, -0.15) is 5.06 Å². The van der Waals surface area contributed by atoms with Gasteiger partial charge in [0.1, 0.15) is 6.10 Å². The van der Waals surface area contributed by atoms with Crippen molar-refractivity contribution in [2.75, 3.05) is 6.61 Å². The van der Waals surface area contributed by atoms with E-state index in [1.54, 1.807) is 0 Å². The Morgan fingerprint density at radius 2 is 0.755 bits per heavy atom. The number of unbranched alkanes of at least 4 members (excludes halogenated alkanes) is 29. The summed E-state index contributed by atoms with van der Waals surface area (Å²) in [5.74, 6) is -0.00571. The number of esters is 1. The lowest BCUT2D eigenvalue weighted by Gasteiger charge is -2.53. The van der Waals surface area contributed by atoms with E-state index in [1.165, 1.54) is 180 Å². The summed E-state index contributed by atoms with van der Waals surface area (Å²) < 4.78 is 6.05. The van der Waals surface area contributed by atoms with Crippen molar-refractivity contribution in [1.29, 1.82) is 0 Å². The molecule has 1 rings (SSSR count). The van der Waals surface area contributed by atoms with Crippen LogP contribution in [0.15, 0.2) is 0 Å². The molecule has 0 atom stereocenters. The first-order valence-electron chi connectivity index (χ1n) is 22.4. The van der Waals surface area contributed by atoms with Gasteiger partial charge in [-0.05, 0) is 40.5 Å². The summed E-state index contributed by atoms with van der Waals surface area (Å²) in [6.45, 7) is 14.4. The molecule has 0 aliphatic carbocycles. The molecule has 0 saturated carbocycles. The van der Waals surface area contributed by atoms with E-state index in [0.29, 0.717) is 6.42 Å². The van der Waals surface area contributed by atoms with Crippen LogP contribution in [0, 0.1) is 0 Å². The molecule has 0 aromatic carbocycles. The maximum Gasteiger partial charge on any atom is 0.306 e. The SMILES string of the molecule is CCCCCCCCCCCCCCCCCCON1C(C)(C)CC(OC(=O)CCCCCCCCCCCCCCCCC)CC1(C)C. The Morgan fingerprint density at radius 1 is 0.469 bits per heavy atom. The van der Waals surface area contributed by atoms with E-state index in [-0.39, 0.29) is 23.2 Å². The Morgan fingerprint density at radius 3 is 1.08 bits per heavy atom. The average molecular weight is 692 g/mol. The molecule has 0 radical (unpaired) electrons. The van der Waals surface area contributed by atoms with Crippen molar-refractivity contribution in [2.45, 2.75) is 277 Å². The number of carbonyl (C=O) groups excluding carboxylic acids is 1. The van der Waals surface area contributed by atoms with Gasteiger partial charge in [0.05, 0.1) is 6.61 Å². The molecular weight excluding hydrogens is 602 g/mol. The van der Waals surface area contributed by atoms with Gasteiger partial charge in [-0.3, -0.25) is 9.63 Å². The first kappa shape index (κ1) is 46.4. The highest BCUT2D eigenvalue weighted by Gasteiger charge is 2.47. The van der Waals surface area contributed by atoms with Crippen LogP contribution < -0.4 is 0 Å². The summed E-state index contributed by atoms with van der Waals surface area (Å²) in [4.78, 5) is 19.2. The number of nitrogens with zero attached hydrogens (tertiary/aromatic N) is 1. The summed E-state index contributed by atoms with van der Waals surface area (Å²) in [5.41, 5.74) is -0.313. The normalized spacial score (nSPS) is 16.4. The summed E-state index contributed by atoms with van der Waals surface area (Å²) in [6.07, 6.45) is 44.5. The van der Waals surface area contributed by atoms with Crippen LogP contribution in [0.2, 0.25) is 0 Å². The smallest absolute Gasteiger partial charge is 0.306 e. The van der Waals surface area contributed by atoms with Crippen molar-refractivity contribution in [3.63, 3.8) is 0 Å². The van der Waals surface area contributed by atoms with Crippen LogP contribution >= 0.6 is 0 Å². The average Bonchev–Trinajstić information content (AvgIpc) is 3.04. The number of piperidine rings is 1. The minimum atomic E-state index is -0.156. The molecule has 0 bridgehead atoms. The Kier molecular flexibility index (Phi) is 29.3. The lowest BCUT2D eigenvalue weighted by atomic mass is 9.80. The number of ether oxygens (including phenoxy) is 1. The largest absolute Gasteiger partial charge is 0.462 e. The Bertz CT molecular complexity index is 717. The number of hydrogen-bond donors (Lipinski definition) is 0. The van der Waals surface area contributed by atoms with Crippen LogP contribution in [0.25, 0.3) is 0 Å². The molecule has 1 heterocycles. The van der Waals surface area contributed by atoms with E-state index >= 15 is 0 Å². The molecule has 1 aliphatic heterocycles. The van der Waals surface area contributed by atoms with Gasteiger partial charge in [0.2, 0.25) is 0 Å². The van der Waals surface area contributed by atoms with Gasteiger partial charge in [-0.1, -0.05) is 200 Å². The van der Waals surface area contributed by atoms with Crippen LogP contribution in [-0.2, 0) is 14.4 Å². The van der Waals surface area contributed by atoms with E-state index in [0.717, 1.165) is 38.7 Å². The maximum absolute atomic E-state index is 12.7. The fourth-order valence-electron chi connectivity index (χ4n) is 8.30. The predicted molar refractivity (Wildman–Crippen MR) is 214 cm³/mol. The third kappa shape index (κ3) is 25.9. The molecule has 1 aliphatic rings. The maximum atomic E-state index is 12.7. The van der Waals surface area contributed by atoms with Gasteiger partial charge in [0.25, 0.3) is 0 Å². The topological polar surface area (TPSA) is 38.8 Å². The Labute approximate surface area is 308 Å². The molecular formula is C45H89NO3. The molecule has 0 amide bonds. The Hall–Kier alpha value is -0.610. The standard InChI is InChI=1S/C45H89NO3/c1-7-9-11-13-15-17-19-21-23-25-27-29-31-33-35-37-39-48-46-44(3,4)40-42(41-45(46,5)6)49-43(47)38-36-34-32-30-28-26-24-22-20-18-16-14-12-10-8-2/h42H,7-41H2,1-6H3. The van der Waals surface area contributed by atoms with E-state index in [9.17, 15) is 4.79 Å². The van der Waals surface area contributed by atoms with Crippen LogP contribution in [-0.4, -0.2) is 34.8 Å². The van der Waals surface area contributed by atoms with Crippen LogP contribution in [0.3, 0.4) is 0 Å². The minimum Gasteiger partial charge on any atom is -0.462 e. The van der Waals surface area contributed by atoms with Crippen molar-refractivity contribution < 1.29 is 14.4 Å².